The second kappa shape index (κ2) is 13.1. The topological polar surface area (TPSA) is 38.7 Å². The zero-order chi connectivity index (χ0) is 32.1. The minimum Gasteiger partial charge on any atom is -0.208 e. The van der Waals surface area contributed by atoms with Crippen LogP contribution < -0.4 is 0 Å². The Bertz CT molecular complexity index is 2250. The van der Waals surface area contributed by atoms with Crippen LogP contribution in [0.15, 0.2) is 188 Å². The van der Waals surface area contributed by atoms with Crippen molar-refractivity contribution < 1.29 is 0 Å². The van der Waals surface area contributed by atoms with Crippen molar-refractivity contribution in [1.82, 2.24) is 15.0 Å². The predicted octanol–water partition coefficient (Wildman–Crippen LogP) is 11.5. The summed E-state index contributed by atoms with van der Waals surface area (Å²) in [4.78, 5) is 15.0. The van der Waals surface area contributed by atoms with Crippen molar-refractivity contribution in [1.29, 1.82) is 0 Å². The minimum atomic E-state index is 0.633. The molecule has 48 heavy (non-hydrogen) atoms. The van der Waals surface area contributed by atoms with Crippen molar-refractivity contribution in [2.45, 2.75) is 0 Å². The monoisotopic (exact) mass is 613 g/mol. The Hall–Kier alpha value is -6.45. The Labute approximate surface area is 280 Å². The van der Waals surface area contributed by atoms with Gasteiger partial charge in [-0.2, -0.15) is 0 Å². The van der Waals surface area contributed by atoms with Crippen molar-refractivity contribution in [3.05, 3.63) is 188 Å². The van der Waals surface area contributed by atoms with Crippen LogP contribution in [0.3, 0.4) is 0 Å². The highest BCUT2D eigenvalue weighted by Crippen LogP contribution is 2.41. The van der Waals surface area contributed by atoms with Crippen LogP contribution in [0.4, 0.5) is 0 Å². The maximum Gasteiger partial charge on any atom is 0.164 e. The molecular weight excluding hydrogens is 583 g/mol. The van der Waals surface area contributed by atoms with Crippen molar-refractivity contribution in [3.63, 3.8) is 0 Å². The fourth-order valence-corrected chi connectivity index (χ4v) is 6.16. The molecule has 0 unspecified atom stereocenters. The fourth-order valence-electron chi connectivity index (χ4n) is 6.16. The molecule has 3 nitrogen and oxygen atoms in total. The standard InChI is InChI=1S/C45H31N3/c1-6-16-32(17-7-1)37-26-28-39(41(30-37)33-18-8-2-9-19-33)40-29-27-38(31-42(40)34-20-10-3-11-21-34)45-47-43(35-22-12-4-13-23-35)46-44(48-45)36-24-14-5-15-25-36/h1-31H. The number of aromatic nitrogens is 3. The summed E-state index contributed by atoms with van der Waals surface area (Å²) in [5, 5.41) is 0. The molecule has 0 saturated heterocycles. The summed E-state index contributed by atoms with van der Waals surface area (Å²) in [6, 6.07) is 65.4. The van der Waals surface area contributed by atoms with Gasteiger partial charge in [-0.15, -0.1) is 0 Å². The van der Waals surface area contributed by atoms with Crippen LogP contribution in [0.25, 0.3) is 78.7 Å². The van der Waals surface area contributed by atoms with E-state index in [1.54, 1.807) is 0 Å². The van der Waals surface area contributed by atoms with Crippen molar-refractivity contribution in [2.75, 3.05) is 0 Å². The number of rotatable bonds is 7. The molecule has 0 radical (unpaired) electrons. The number of hydrogen-bond acceptors (Lipinski definition) is 3. The molecule has 0 aliphatic rings. The smallest absolute Gasteiger partial charge is 0.164 e. The summed E-state index contributed by atoms with van der Waals surface area (Å²) in [5.74, 6) is 1.93. The van der Waals surface area contributed by atoms with Gasteiger partial charge < -0.3 is 0 Å². The molecule has 0 N–H and O–H groups in total. The molecule has 0 amide bonds. The van der Waals surface area contributed by atoms with Gasteiger partial charge in [0.05, 0.1) is 0 Å². The summed E-state index contributed by atoms with van der Waals surface area (Å²) in [6.45, 7) is 0. The van der Waals surface area contributed by atoms with Gasteiger partial charge in [-0.05, 0) is 56.6 Å². The lowest BCUT2D eigenvalue weighted by Crippen LogP contribution is -2.00. The summed E-state index contributed by atoms with van der Waals surface area (Å²) in [6.07, 6.45) is 0. The summed E-state index contributed by atoms with van der Waals surface area (Å²) in [5.41, 5.74) is 12.1. The van der Waals surface area contributed by atoms with E-state index in [-0.39, 0.29) is 0 Å². The second-order valence-corrected chi connectivity index (χ2v) is 11.7. The molecule has 1 aromatic heterocycles. The lowest BCUT2D eigenvalue weighted by atomic mass is 9.86. The molecule has 3 heteroatoms. The molecule has 0 atom stereocenters. The van der Waals surface area contributed by atoms with Gasteiger partial charge in [-0.1, -0.05) is 176 Å². The van der Waals surface area contributed by atoms with Crippen LogP contribution in [0.2, 0.25) is 0 Å². The largest absolute Gasteiger partial charge is 0.208 e. The third kappa shape index (κ3) is 5.93. The van der Waals surface area contributed by atoms with Gasteiger partial charge in [0, 0.05) is 16.7 Å². The summed E-state index contributed by atoms with van der Waals surface area (Å²) >= 11 is 0. The molecule has 0 saturated carbocycles. The maximum absolute atomic E-state index is 5.02. The highest BCUT2D eigenvalue weighted by molar-refractivity contribution is 5.94. The molecule has 226 valence electrons. The lowest BCUT2D eigenvalue weighted by molar-refractivity contribution is 1.07. The first kappa shape index (κ1) is 29.0. The first-order chi connectivity index (χ1) is 23.8. The molecule has 8 aromatic rings. The second-order valence-electron chi connectivity index (χ2n) is 11.7. The predicted molar refractivity (Wildman–Crippen MR) is 198 cm³/mol. The Morgan fingerprint density at radius 1 is 0.208 bits per heavy atom. The number of nitrogens with zero attached hydrogens (tertiary/aromatic N) is 3. The molecule has 1 heterocycles. The van der Waals surface area contributed by atoms with E-state index in [0.717, 1.165) is 38.9 Å². The van der Waals surface area contributed by atoms with Crippen LogP contribution in [-0.2, 0) is 0 Å². The zero-order valence-electron chi connectivity index (χ0n) is 26.2. The zero-order valence-corrected chi connectivity index (χ0v) is 26.2. The van der Waals surface area contributed by atoms with Crippen molar-refractivity contribution >= 4 is 0 Å². The molecule has 0 spiro atoms. The summed E-state index contributed by atoms with van der Waals surface area (Å²) in [7, 11) is 0. The van der Waals surface area contributed by atoms with E-state index in [2.05, 4.69) is 127 Å². The fraction of sp³-hybridized carbons (Fsp3) is 0. The van der Waals surface area contributed by atoms with Crippen LogP contribution in [-0.4, -0.2) is 15.0 Å². The number of hydrogen-bond donors (Lipinski definition) is 0. The lowest BCUT2D eigenvalue weighted by Gasteiger charge is -2.18. The third-order valence-electron chi connectivity index (χ3n) is 8.56. The number of benzene rings is 7. The first-order valence-electron chi connectivity index (χ1n) is 16.1. The maximum atomic E-state index is 5.02. The molecule has 8 rings (SSSR count). The Kier molecular flexibility index (Phi) is 7.92. The van der Waals surface area contributed by atoms with E-state index in [4.69, 9.17) is 15.0 Å². The van der Waals surface area contributed by atoms with E-state index in [9.17, 15) is 0 Å². The molecule has 0 aliphatic carbocycles. The van der Waals surface area contributed by atoms with E-state index < -0.39 is 0 Å². The quantitative estimate of drug-likeness (QED) is 0.179. The van der Waals surface area contributed by atoms with E-state index in [1.807, 2.05) is 60.7 Å². The van der Waals surface area contributed by atoms with Crippen LogP contribution >= 0.6 is 0 Å². The molecule has 0 bridgehead atoms. The van der Waals surface area contributed by atoms with Gasteiger partial charge >= 0.3 is 0 Å². The molecule has 0 aliphatic heterocycles. The average molecular weight is 614 g/mol. The van der Waals surface area contributed by atoms with E-state index >= 15 is 0 Å². The highest BCUT2D eigenvalue weighted by Gasteiger charge is 2.18. The minimum absolute atomic E-state index is 0.633. The first-order valence-corrected chi connectivity index (χ1v) is 16.1. The van der Waals surface area contributed by atoms with Crippen molar-refractivity contribution in [2.24, 2.45) is 0 Å². The van der Waals surface area contributed by atoms with Gasteiger partial charge in [-0.3, -0.25) is 0 Å². The van der Waals surface area contributed by atoms with E-state index in [1.165, 1.54) is 22.3 Å². The molecular formula is C45H31N3. The Morgan fingerprint density at radius 2 is 0.521 bits per heavy atom. The Morgan fingerprint density at radius 3 is 0.938 bits per heavy atom. The third-order valence-corrected chi connectivity index (χ3v) is 8.56. The molecule has 0 fully saturated rings. The Balaban J connectivity index is 1.33. The van der Waals surface area contributed by atoms with Gasteiger partial charge in [0.15, 0.2) is 17.5 Å². The van der Waals surface area contributed by atoms with Gasteiger partial charge in [0.25, 0.3) is 0 Å². The van der Waals surface area contributed by atoms with Gasteiger partial charge in [0.1, 0.15) is 0 Å². The van der Waals surface area contributed by atoms with E-state index in [0.29, 0.717) is 17.5 Å². The normalized spacial score (nSPS) is 10.9. The SMILES string of the molecule is c1ccc(-c2ccc(-c3ccc(-c4nc(-c5ccccc5)nc(-c5ccccc5)n4)cc3-c3ccccc3)c(-c3ccccc3)c2)cc1. The van der Waals surface area contributed by atoms with Gasteiger partial charge in [0.2, 0.25) is 0 Å². The van der Waals surface area contributed by atoms with Crippen LogP contribution in [0.5, 0.6) is 0 Å². The van der Waals surface area contributed by atoms with Gasteiger partial charge in [-0.25, -0.2) is 15.0 Å². The van der Waals surface area contributed by atoms with Crippen molar-refractivity contribution in [3.8, 4) is 78.7 Å². The highest BCUT2D eigenvalue weighted by atomic mass is 15.0. The summed E-state index contributed by atoms with van der Waals surface area (Å²) < 4.78 is 0. The average Bonchev–Trinajstić information content (AvgIpc) is 3.19. The van der Waals surface area contributed by atoms with Crippen LogP contribution in [0.1, 0.15) is 0 Å². The molecule has 7 aromatic carbocycles. The van der Waals surface area contributed by atoms with Crippen LogP contribution in [0, 0.1) is 0 Å².